The van der Waals surface area contributed by atoms with Crippen molar-refractivity contribution in [3.63, 3.8) is 0 Å². The summed E-state index contributed by atoms with van der Waals surface area (Å²) in [7, 11) is 0. The number of primary amides is 1. The van der Waals surface area contributed by atoms with Gasteiger partial charge in [0.05, 0.1) is 5.56 Å². The maximum atomic E-state index is 10.7. The van der Waals surface area contributed by atoms with Crippen molar-refractivity contribution in [3.8, 4) is 5.75 Å². The first-order chi connectivity index (χ1) is 9.15. The fourth-order valence-electron chi connectivity index (χ4n) is 1.66. The van der Waals surface area contributed by atoms with Crippen LogP contribution in [-0.4, -0.2) is 24.3 Å². The van der Waals surface area contributed by atoms with Gasteiger partial charge < -0.3 is 21.7 Å². The third kappa shape index (κ3) is 5.56. The summed E-state index contributed by atoms with van der Waals surface area (Å²) in [5.41, 5.74) is 10.8. The molecule has 0 aliphatic carbocycles. The highest BCUT2D eigenvalue weighted by molar-refractivity contribution is 5.98. The SMILES string of the molecule is C1CCNCC1.NC(=O)c1ccc(OOO)cc1N. The molecule has 1 fully saturated rings. The van der Waals surface area contributed by atoms with Crippen LogP contribution >= 0.6 is 0 Å². The smallest absolute Gasteiger partial charge is 0.250 e. The number of nitrogens with two attached hydrogens (primary N) is 2. The first-order valence-electron chi connectivity index (χ1n) is 6.03. The highest BCUT2D eigenvalue weighted by Gasteiger charge is 2.06. The number of amides is 1. The number of benzene rings is 1. The molecule has 1 heterocycles. The minimum absolute atomic E-state index is 0.155. The average Bonchev–Trinajstić information content (AvgIpc) is 2.41. The zero-order chi connectivity index (χ0) is 14.1. The lowest BCUT2D eigenvalue weighted by molar-refractivity contribution is -0.438. The van der Waals surface area contributed by atoms with Crippen molar-refractivity contribution >= 4 is 11.6 Å². The quantitative estimate of drug-likeness (QED) is 0.368. The number of anilines is 1. The molecule has 1 saturated heterocycles. The van der Waals surface area contributed by atoms with Crippen molar-refractivity contribution in [2.75, 3.05) is 18.8 Å². The molecule has 0 spiro atoms. The second kappa shape index (κ2) is 8.30. The number of hydrogen-bond donors (Lipinski definition) is 4. The summed E-state index contributed by atoms with van der Waals surface area (Å²) in [6.45, 7) is 2.50. The Balaban J connectivity index is 0.000000250. The molecule has 7 heteroatoms. The number of nitrogen functional groups attached to an aromatic ring is 1. The fourth-order valence-corrected chi connectivity index (χ4v) is 1.66. The normalized spacial score (nSPS) is 14.2. The first-order valence-corrected chi connectivity index (χ1v) is 6.03. The van der Waals surface area contributed by atoms with Crippen LogP contribution in [-0.2, 0) is 5.04 Å². The molecule has 1 aromatic rings. The summed E-state index contributed by atoms with van der Waals surface area (Å²) in [6.07, 6.45) is 4.22. The van der Waals surface area contributed by atoms with Gasteiger partial charge in [0.2, 0.25) is 0 Å². The van der Waals surface area contributed by atoms with Gasteiger partial charge in [-0.1, -0.05) is 6.42 Å². The number of carbonyl (C=O) groups excluding carboxylic acids is 1. The summed E-state index contributed by atoms with van der Waals surface area (Å²) >= 11 is 0. The molecule has 19 heavy (non-hydrogen) atoms. The standard InChI is InChI=1S/C7H8N2O4.C5H11N/c8-6-3-4(12-13-11)1-2-5(6)7(9)10;1-2-4-6-5-3-1/h1-3,11H,8H2,(H2,9,10);6H,1-5H2. The Kier molecular flexibility index (Phi) is 6.65. The topological polar surface area (TPSA) is 120 Å². The first kappa shape index (κ1) is 15.2. The van der Waals surface area contributed by atoms with Gasteiger partial charge in [-0.05, 0) is 43.1 Å². The van der Waals surface area contributed by atoms with Crippen molar-refractivity contribution < 1.29 is 20.0 Å². The summed E-state index contributed by atoms with van der Waals surface area (Å²) < 4.78 is 0. The molecule has 7 nitrogen and oxygen atoms in total. The van der Waals surface area contributed by atoms with E-state index < -0.39 is 5.91 Å². The van der Waals surface area contributed by atoms with Crippen LogP contribution in [0.5, 0.6) is 5.75 Å². The third-order valence-corrected chi connectivity index (χ3v) is 2.63. The van der Waals surface area contributed by atoms with Crippen molar-refractivity contribution in [3.05, 3.63) is 23.8 Å². The van der Waals surface area contributed by atoms with Crippen molar-refractivity contribution in [2.24, 2.45) is 5.73 Å². The maximum Gasteiger partial charge on any atom is 0.250 e. The van der Waals surface area contributed by atoms with Crippen molar-refractivity contribution in [1.82, 2.24) is 5.32 Å². The third-order valence-electron chi connectivity index (χ3n) is 2.63. The van der Waals surface area contributed by atoms with E-state index in [0.29, 0.717) is 0 Å². The summed E-state index contributed by atoms with van der Waals surface area (Å²) in [5, 5.41) is 14.6. The van der Waals surface area contributed by atoms with Gasteiger partial charge in [-0.15, -0.1) is 0 Å². The van der Waals surface area contributed by atoms with Gasteiger partial charge in [-0.25, -0.2) is 5.26 Å². The summed E-state index contributed by atoms with van der Waals surface area (Å²) in [6, 6.07) is 4.05. The molecule has 0 saturated carbocycles. The van der Waals surface area contributed by atoms with Gasteiger partial charge in [-0.2, -0.15) is 0 Å². The lowest BCUT2D eigenvalue weighted by atomic mass is 10.1. The van der Waals surface area contributed by atoms with Crippen molar-refractivity contribution in [1.29, 1.82) is 0 Å². The van der Waals surface area contributed by atoms with E-state index in [1.165, 1.54) is 50.6 Å². The van der Waals surface area contributed by atoms with Crippen molar-refractivity contribution in [2.45, 2.75) is 19.3 Å². The van der Waals surface area contributed by atoms with Crippen LogP contribution in [0.1, 0.15) is 29.6 Å². The second-order valence-electron chi connectivity index (χ2n) is 4.08. The number of hydrogen-bond acceptors (Lipinski definition) is 6. The largest absolute Gasteiger partial charge is 0.398 e. The van der Waals surface area contributed by atoms with Crippen LogP contribution in [0.3, 0.4) is 0 Å². The van der Waals surface area contributed by atoms with E-state index in [1.54, 1.807) is 0 Å². The van der Waals surface area contributed by atoms with Crippen LogP contribution in [0.4, 0.5) is 5.69 Å². The number of nitrogens with one attached hydrogen (secondary N) is 1. The Hall–Kier alpha value is -1.83. The Morgan fingerprint density at radius 3 is 2.32 bits per heavy atom. The molecule has 2 rings (SSSR count). The molecule has 0 atom stereocenters. The second-order valence-corrected chi connectivity index (χ2v) is 4.08. The Morgan fingerprint density at radius 2 is 1.95 bits per heavy atom. The molecule has 1 amide bonds. The number of rotatable bonds is 3. The van der Waals surface area contributed by atoms with Gasteiger partial charge in [0.15, 0.2) is 5.75 Å². The molecule has 1 aliphatic heterocycles. The van der Waals surface area contributed by atoms with Gasteiger partial charge in [0, 0.05) is 11.8 Å². The van der Waals surface area contributed by atoms with Crippen LogP contribution in [0.25, 0.3) is 0 Å². The van der Waals surface area contributed by atoms with Crippen LogP contribution in [0.15, 0.2) is 18.2 Å². The lowest BCUT2D eigenvalue weighted by Crippen LogP contribution is -2.21. The molecule has 106 valence electrons. The maximum absolute atomic E-state index is 10.7. The van der Waals surface area contributed by atoms with E-state index in [-0.39, 0.29) is 17.0 Å². The van der Waals surface area contributed by atoms with E-state index in [4.69, 9.17) is 16.7 Å². The lowest BCUT2D eigenvalue weighted by Gasteiger charge is -2.08. The molecular weight excluding hydrogens is 250 g/mol. The van der Waals surface area contributed by atoms with Gasteiger partial charge in [-0.3, -0.25) is 4.79 Å². The predicted molar refractivity (Wildman–Crippen MR) is 70.4 cm³/mol. The highest BCUT2D eigenvalue weighted by atomic mass is 17.5. The Labute approximate surface area is 111 Å². The van der Waals surface area contributed by atoms with Crippen LogP contribution in [0.2, 0.25) is 0 Å². The fraction of sp³-hybridized carbons (Fsp3) is 0.417. The predicted octanol–water partition coefficient (Wildman–Crippen LogP) is 0.911. The van der Waals surface area contributed by atoms with Gasteiger partial charge >= 0.3 is 0 Å². The molecule has 0 aromatic heterocycles. The zero-order valence-corrected chi connectivity index (χ0v) is 10.6. The minimum atomic E-state index is -0.631. The molecule has 1 aromatic carbocycles. The average molecular weight is 269 g/mol. The van der Waals surface area contributed by atoms with Gasteiger partial charge in [0.25, 0.3) is 5.91 Å². The van der Waals surface area contributed by atoms with Crippen LogP contribution in [0, 0.1) is 0 Å². The monoisotopic (exact) mass is 269 g/mol. The molecule has 0 radical (unpaired) electrons. The number of carbonyl (C=O) groups is 1. The summed E-state index contributed by atoms with van der Waals surface area (Å²) in [5.74, 6) is -0.459. The molecule has 1 aliphatic rings. The highest BCUT2D eigenvalue weighted by Crippen LogP contribution is 2.19. The van der Waals surface area contributed by atoms with E-state index >= 15 is 0 Å². The van der Waals surface area contributed by atoms with Gasteiger partial charge in [0.1, 0.15) is 0 Å². The number of piperidine rings is 1. The summed E-state index contributed by atoms with van der Waals surface area (Å²) in [4.78, 5) is 15.0. The van der Waals surface area contributed by atoms with E-state index in [0.717, 1.165) is 0 Å². The molecule has 6 N–H and O–H groups in total. The zero-order valence-electron chi connectivity index (χ0n) is 10.6. The van der Waals surface area contributed by atoms with E-state index in [9.17, 15) is 4.79 Å². The Bertz CT molecular complexity index is 396. The molecule has 0 unspecified atom stereocenters. The van der Waals surface area contributed by atoms with E-state index in [1.807, 2.05) is 0 Å². The minimum Gasteiger partial charge on any atom is -0.398 e. The van der Waals surface area contributed by atoms with Crippen LogP contribution < -0.4 is 21.7 Å². The molecule has 0 bridgehead atoms. The van der Waals surface area contributed by atoms with E-state index in [2.05, 4.69) is 15.2 Å². The molecular formula is C12H19N3O4. The Morgan fingerprint density at radius 1 is 1.26 bits per heavy atom.